The second-order valence-electron chi connectivity index (χ2n) is 7.28. The number of hydrogen-bond donors (Lipinski definition) is 1. The standard InChI is InChI=1S/C24H28N2O3/c1-5-8-18-9-6-7-10-22(18)29-23-12-11-19(14-24(23)28-4)20(13-16(2)27)21-15-25-26-17(21)3/h6-7,9-12,14-15,20H,5,8,13H2,1-4H3,(H,25,26). The van der Waals surface area contributed by atoms with Crippen LogP contribution in [-0.2, 0) is 11.2 Å². The minimum atomic E-state index is -0.0819. The highest BCUT2D eigenvalue weighted by molar-refractivity contribution is 5.77. The van der Waals surface area contributed by atoms with Crippen LogP contribution in [-0.4, -0.2) is 23.1 Å². The molecule has 0 fully saturated rings. The van der Waals surface area contributed by atoms with Crippen molar-refractivity contribution in [1.82, 2.24) is 10.2 Å². The molecule has 1 atom stereocenters. The zero-order valence-corrected chi connectivity index (χ0v) is 17.5. The molecule has 0 saturated carbocycles. The predicted octanol–water partition coefficient (Wildman–Crippen LogP) is 5.58. The van der Waals surface area contributed by atoms with Crippen molar-refractivity contribution in [3.05, 3.63) is 71.0 Å². The zero-order valence-electron chi connectivity index (χ0n) is 17.5. The first kappa shape index (κ1) is 20.6. The molecular formula is C24H28N2O3. The summed E-state index contributed by atoms with van der Waals surface area (Å²) in [5.74, 6) is 2.19. The van der Waals surface area contributed by atoms with Gasteiger partial charge in [0.25, 0.3) is 0 Å². The number of carbonyl (C=O) groups is 1. The molecule has 0 aliphatic rings. The van der Waals surface area contributed by atoms with E-state index in [4.69, 9.17) is 9.47 Å². The second-order valence-corrected chi connectivity index (χ2v) is 7.28. The van der Waals surface area contributed by atoms with Crippen molar-refractivity contribution in [2.45, 2.75) is 46.0 Å². The number of H-pyrrole nitrogens is 1. The Morgan fingerprint density at radius 3 is 2.59 bits per heavy atom. The van der Waals surface area contributed by atoms with E-state index < -0.39 is 0 Å². The molecule has 3 aromatic rings. The first-order valence-corrected chi connectivity index (χ1v) is 9.96. The third-order valence-corrected chi connectivity index (χ3v) is 5.04. The molecule has 0 amide bonds. The van der Waals surface area contributed by atoms with E-state index in [-0.39, 0.29) is 11.7 Å². The minimum absolute atomic E-state index is 0.0819. The highest BCUT2D eigenvalue weighted by Crippen LogP contribution is 2.38. The quantitative estimate of drug-likeness (QED) is 0.516. The molecule has 1 aromatic heterocycles. The normalized spacial score (nSPS) is 11.9. The van der Waals surface area contributed by atoms with E-state index in [9.17, 15) is 4.79 Å². The van der Waals surface area contributed by atoms with Gasteiger partial charge in [0, 0.05) is 23.6 Å². The van der Waals surface area contributed by atoms with E-state index in [1.165, 1.54) is 5.56 Å². The van der Waals surface area contributed by atoms with Gasteiger partial charge in [0.05, 0.1) is 13.3 Å². The molecule has 5 nitrogen and oxygen atoms in total. The van der Waals surface area contributed by atoms with E-state index in [1.807, 2.05) is 43.3 Å². The van der Waals surface area contributed by atoms with Gasteiger partial charge in [-0.25, -0.2) is 0 Å². The molecule has 29 heavy (non-hydrogen) atoms. The molecule has 1 heterocycles. The number of ketones is 1. The third-order valence-electron chi connectivity index (χ3n) is 5.04. The van der Waals surface area contributed by atoms with Gasteiger partial charge < -0.3 is 9.47 Å². The Morgan fingerprint density at radius 1 is 1.14 bits per heavy atom. The maximum atomic E-state index is 11.9. The number of ether oxygens (including phenoxy) is 2. The Kier molecular flexibility index (Phi) is 6.70. The molecule has 0 radical (unpaired) electrons. The highest BCUT2D eigenvalue weighted by atomic mass is 16.5. The number of aryl methyl sites for hydroxylation is 2. The number of hydrogen-bond acceptors (Lipinski definition) is 4. The van der Waals surface area contributed by atoms with Crippen molar-refractivity contribution < 1.29 is 14.3 Å². The van der Waals surface area contributed by atoms with Crippen molar-refractivity contribution in [2.75, 3.05) is 7.11 Å². The van der Waals surface area contributed by atoms with Gasteiger partial charge in [0.15, 0.2) is 11.5 Å². The number of benzene rings is 2. The first-order chi connectivity index (χ1) is 14.0. The van der Waals surface area contributed by atoms with Crippen molar-refractivity contribution in [3.63, 3.8) is 0 Å². The number of nitrogens with zero attached hydrogens (tertiary/aromatic N) is 1. The van der Waals surface area contributed by atoms with Crippen molar-refractivity contribution in [1.29, 1.82) is 0 Å². The lowest BCUT2D eigenvalue weighted by molar-refractivity contribution is -0.117. The van der Waals surface area contributed by atoms with Gasteiger partial charge in [-0.1, -0.05) is 37.6 Å². The molecule has 3 rings (SSSR count). The van der Waals surface area contributed by atoms with Crippen molar-refractivity contribution in [2.24, 2.45) is 0 Å². The van der Waals surface area contributed by atoms with Gasteiger partial charge in [-0.05, 0) is 49.6 Å². The van der Waals surface area contributed by atoms with Crippen LogP contribution in [0.2, 0.25) is 0 Å². The predicted molar refractivity (Wildman–Crippen MR) is 114 cm³/mol. The van der Waals surface area contributed by atoms with Gasteiger partial charge in [-0.3, -0.25) is 9.89 Å². The minimum Gasteiger partial charge on any atom is -0.493 e. The van der Waals surface area contributed by atoms with E-state index in [1.54, 1.807) is 20.2 Å². The van der Waals surface area contributed by atoms with E-state index in [2.05, 4.69) is 23.2 Å². The van der Waals surface area contributed by atoms with Gasteiger partial charge in [-0.2, -0.15) is 5.10 Å². The van der Waals surface area contributed by atoms with Crippen LogP contribution in [0.5, 0.6) is 17.2 Å². The Balaban J connectivity index is 1.95. The number of methoxy groups -OCH3 is 1. The fraction of sp³-hybridized carbons (Fsp3) is 0.333. The summed E-state index contributed by atoms with van der Waals surface area (Å²) in [4.78, 5) is 11.9. The largest absolute Gasteiger partial charge is 0.493 e. The average Bonchev–Trinajstić information content (AvgIpc) is 3.13. The Morgan fingerprint density at radius 2 is 1.93 bits per heavy atom. The lowest BCUT2D eigenvalue weighted by atomic mass is 9.87. The zero-order chi connectivity index (χ0) is 20.8. The van der Waals surface area contributed by atoms with Crippen LogP contribution in [0.1, 0.15) is 55.0 Å². The summed E-state index contributed by atoms with van der Waals surface area (Å²) in [5, 5.41) is 7.09. The second kappa shape index (κ2) is 9.41. The molecule has 5 heteroatoms. The average molecular weight is 392 g/mol. The molecular weight excluding hydrogens is 364 g/mol. The number of para-hydroxylation sites is 1. The summed E-state index contributed by atoms with van der Waals surface area (Å²) in [7, 11) is 1.63. The van der Waals surface area contributed by atoms with Crippen LogP contribution >= 0.6 is 0 Å². The number of Topliss-reactive ketones (excluding diaryl/α,β-unsaturated/α-hetero) is 1. The summed E-state index contributed by atoms with van der Waals surface area (Å²) >= 11 is 0. The van der Waals surface area contributed by atoms with Crippen LogP contribution in [0.4, 0.5) is 0 Å². The maximum Gasteiger partial charge on any atom is 0.169 e. The van der Waals surface area contributed by atoms with E-state index >= 15 is 0 Å². The van der Waals surface area contributed by atoms with Gasteiger partial charge in [-0.15, -0.1) is 0 Å². The summed E-state index contributed by atoms with van der Waals surface area (Å²) in [6, 6.07) is 13.9. The molecule has 0 aliphatic carbocycles. The molecule has 0 bridgehead atoms. The van der Waals surface area contributed by atoms with Crippen molar-refractivity contribution >= 4 is 5.78 Å². The maximum absolute atomic E-state index is 11.9. The molecule has 2 aromatic carbocycles. The monoisotopic (exact) mass is 392 g/mol. The number of rotatable bonds is 9. The Hall–Kier alpha value is -3.08. The molecule has 152 valence electrons. The fourth-order valence-corrected chi connectivity index (χ4v) is 3.59. The Bertz CT molecular complexity index is 978. The topological polar surface area (TPSA) is 64.2 Å². The van der Waals surface area contributed by atoms with Crippen LogP contribution in [0.15, 0.2) is 48.7 Å². The summed E-state index contributed by atoms with van der Waals surface area (Å²) < 4.78 is 11.8. The van der Waals surface area contributed by atoms with Gasteiger partial charge in [0.1, 0.15) is 11.5 Å². The molecule has 1 unspecified atom stereocenters. The van der Waals surface area contributed by atoms with Crippen LogP contribution in [0.25, 0.3) is 0 Å². The lowest BCUT2D eigenvalue weighted by Crippen LogP contribution is -2.07. The van der Waals surface area contributed by atoms with E-state index in [0.29, 0.717) is 17.9 Å². The summed E-state index contributed by atoms with van der Waals surface area (Å²) in [6.07, 6.45) is 4.20. The first-order valence-electron chi connectivity index (χ1n) is 9.96. The molecule has 0 saturated heterocycles. The van der Waals surface area contributed by atoms with Crippen LogP contribution in [0, 0.1) is 6.92 Å². The Labute approximate surface area is 172 Å². The fourth-order valence-electron chi connectivity index (χ4n) is 3.59. The molecule has 1 N–H and O–H groups in total. The smallest absolute Gasteiger partial charge is 0.169 e. The number of nitrogens with one attached hydrogen (secondary N) is 1. The van der Waals surface area contributed by atoms with Crippen LogP contribution < -0.4 is 9.47 Å². The third kappa shape index (κ3) is 4.86. The van der Waals surface area contributed by atoms with Gasteiger partial charge >= 0.3 is 0 Å². The SMILES string of the molecule is CCCc1ccccc1Oc1ccc(C(CC(C)=O)c2cn[nH]c2C)cc1OC. The van der Waals surface area contributed by atoms with E-state index in [0.717, 1.165) is 35.4 Å². The highest BCUT2D eigenvalue weighted by Gasteiger charge is 2.21. The van der Waals surface area contributed by atoms with Gasteiger partial charge in [0.2, 0.25) is 0 Å². The number of aromatic nitrogens is 2. The van der Waals surface area contributed by atoms with Crippen molar-refractivity contribution in [3.8, 4) is 17.2 Å². The number of aromatic amines is 1. The summed E-state index contributed by atoms with van der Waals surface area (Å²) in [5.41, 5.74) is 4.15. The summed E-state index contributed by atoms with van der Waals surface area (Å²) in [6.45, 7) is 5.73. The van der Waals surface area contributed by atoms with Crippen LogP contribution in [0.3, 0.4) is 0 Å². The molecule has 0 spiro atoms. The lowest BCUT2D eigenvalue weighted by Gasteiger charge is -2.19. The number of carbonyl (C=O) groups excluding carboxylic acids is 1. The molecule has 0 aliphatic heterocycles.